The van der Waals surface area contributed by atoms with Crippen molar-refractivity contribution in [1.29, 1.82) is 0 Å². The predicted octanol–water partition coefficient (Wildman–Crippen LogP) is 4.37. The molecule has 2 nitrogen and oxygen atoms in total. The average Bonchev–Trinajstić information content (AvgIpc) is 2.39. The molecule has 1 aromatic rings. The van der Waals surface area contributed by atoms with Crippen LogP contribution in [-0.2, 0) is 6.42 Å². The van der Waals surface area contributed by atoms with Gasteiger partial charge < -0.3 is 4.74 Å². The first kappa shape index (κ1) is 16.6. The molecule has 0 N–H and O–H groups in total. The van der Waals surface area contributed by atoms with E-state index < -0.39 is 0 Å². The van der Waals surface area contributed by atoms with E-state index in [0.29, 0.717) is 17.7 Å². The van der Waals surface area contributed by atoms with Gasteiger partial charge in [0, 0.05) is 40.2 Å². The zero-order valence-corrected chi connectivity index (χ0v) is 13.9. The fraction of sp³-hybridized carbons (Fsp3) is 0.667. The van der Waals surface area contributed by atoms with E-state index in [4.69, 9.17) is 27.9 Å². The minimum Gasteiger partial charge on any atom is -0.496 e. The molecule has 0 atom stereocenters. The molecular formula is C15H23Cl2NO. The Morgan fingerprint density at radius 3 is 2.26 bits per heavy atom. The maximum absolute atomic E-state index is 6.18. The van der Waals surface area contributed by atoms with Crippen LogP contribution < -0.4 is 4.74 Å². The molecule has 1 rings (SSSR count). The number of nitrogens with zero attached hydrogens (tertiary/aromatic N) is 1. The van der Waals surface area contributed by atoms with Gasteiger partial charge in [0.05, 0.1) is 7.11 Å². The fourth-order valence-corrected chi connectivity index (χ4v) is 3.32. The summed E-state index contributed by atoms with van der Waals surface area (Å²) in [7, 11) is 1.69. The van der Waals surface area contributed by atoms with Gasteiger partial charge >= 0.3 is 0 Å². The highest BCUT2D eigenvalue weighted by atomic mass is 35.5. The standard InChI is InChI=1S/C15H23Cl2NO/c1-10(2)15(8-16,9-17)6-13-12(4)14(19-5)11(3)7-18-13/h7,10H,6,8-9H2,1-5H3. The van der Waals surface area contributed by atoms with Gasteiger partial charge in [-0.05, 0) is 26.2 Å². The van der Waals surface area contributed by atoms with Gasteiger partial charge in [0.1, 0.15) is 5.75 Å². The molecule has 1 heterocycles. The van der Waals surface area contributed by atoms with E-state index in [1.807, 2.05) is 20.0 Å². The molecule has 0 aromatic carbocycles. The van der Waals surface area contributed by atoms with Gasteiger partial charge in [0.25, 0.3) is 0 Å². The molecule has 0 radical (unpaired) electrons. The number of methoxy groups -OCH3 is 1. The van der Waals surface area contributed by atoms with Crippen molar-refractivity contribution in [3.05, 3.63) is 23.0 Å². The van der Waals surface area contributed by atoms with E-state index in [1.165, 1.54) is 0 Å². The molecule has 4 heteroatoms. The third kappa shape index (κ3) is 3.35. The molecule has 0 unspecified atom stereocenters. The van der Waals surface area contributed by atoms with Crippen LogP contribution in [0.15, 0.2) is 6.20 Å². The Morgan fingerprint density at radius 1 is 1.26 bits per heavy atom. The van der Waals surface area contributed by atoms with Crippen LogP contribution in [0, 0.1) is 25.2 Å². The zero-order chi connectivity index (χ0) is 14.6. The van der Waals surface area contributed by atoms with E-state index >= 15 is 0 Å². The zero-order valence-electron chi connectivity index (χ0n) is 12.4. The molecule has 0 saturated heterocycles. The molecule has 0 amide bonds. The summed E-state index contributed by atoms with van der Waals surface area (Å²) in [6.07, 6.45) is 2.63. The van der Waals surface area contributed by atoms with Crippen LogP contribution in [0.2, 0.25) is 0 Å². The Balaban J connectivity index is 3.18. The van der Waals surface area contributed by atoms with Crippen LogP contribution in [-0.4, -0.2) is 23.9 Å². The molecule has 108 valence electrons. The van der Waals surface area contributed by atoms with Gasteiger partial charge in [-0.2, -0.15) is 0 Å². The average molecular weight is 304 g/mol. The van der Waals surface area contributed by atoms with E-state index in [-0.39, 0.29) is 5.41 Å². The quantitative estimate of drug-likeness (QED) is 0.728. The molecule has 0 saturated carbocycles. The van der Waals surface area contributed by atoms with Crippen LogP contribution in [0.1, 0.15) is 30.7 Å². The molecule has 19 heavy (non-hydrogen) atoms. The third-order valence-corrected chi connectivity index (χ3v) is 5.09. The minimum atomic E-state index is -0.124. The van der Waals surface area contributed by atoms with Crippen LogP contribution >= 0.6 is 23.2 Å². The van der Waals surface area contributed by atoms with Crippen molar-refractivity contribution in [3.63, 3.8) is 0 Å². The summed E-state index contributed by atoms with van der Waals surface area (Å²) in [5, 5.41) is 0. The van der Waals surface area contributed by atoms with E-state index in [1.54, 1.807) is 7.11 Å². The van der Waals surface area contributed by atoms with Crippen molar-refractivity contribution in [2.45, 2.75) is 34.1 Å². The second-order valence-corrected chi connectivity index (χ2v) is 6.04. The lowest BCUT2D eigenvalue weighted by Crippen LogP contribution is -2.34. The predicted molar refractivity (Wildman–Crippen MR) is 82.7 cm³/mol. The highest BCUT2D eigenvalue weighted by Crippen LogP contribution is 2.36. The van der Waals surface area contributed by atoms with Gasteiger partial charge in [-0.1, -0.05) is 13.8 Å². The summed E-state index contributed by atoms with van der Waals surface area (Å²) >= 11 is 12.4. The SMILES string of the molecule is COc1c(C)cnc(CC(CCl)(CCl)C(C)C)c1C. The highest BCUT2D eigenvalue weighted by Gasteiger charge is 2.33. The van der Waals surface area contributed by atoms with Crippen molar-refractivity contribution in [2.24, 2.45) is 11.3 Å². The normalized spacial score (nSPS) is 12.0. The van der Waals surface area contributed by atoms with Crippen molar-refractivity contribution in [2.75, 3.05) is 18.9 Å². The lowest BCUT2D eigenvalue weighted by atomic mass is 9.76. The van der Waals surface area contributed by atoms with E-state index in [9.17, 15) is 0 Å². The number of pyridine rings is 1. The topological polar surface area (TPSA) is 22.1 Å². The number of halogens is 2. The second kappa shape index (κ2) is 6.81. The van der Waals surface area contributed by atoms with Gasteiger partial charge in [0.15, 0.2) is 0 Å². The largest absolute Gasteiger partial charge is 0.496 e. The van der Waals surface area contributed by atoms with Gasteiger partial charge in [-0.25, -0.2) is 0 Å². The minimum absolute atomic E-state index is 0.124. The van der Waals surface area contributed by atoms with E-state index in [0.717, 1.165) is 29.0 Å². The van der Waals surface area contributed by atoms with Crippen LogP contribution in [0.25, 0.3) is 0 Å². The smallest absolute Gasteiger partial charge is 0.128 e. The second-order valence-electron chi connectivity index (χ2n) is 5.51. The fourth-order valence-electron chi connectivity index (χ4n) is 2.23. The van der Waals surface area contributed by atoms with Gasteiger partial charge in [-0.15, -0.1) is 23.2 Å². The molecule has 0 aliphatic rings. The Morgan fingerprint density at radius 2 is 1.84 bits per heavy atom. The Kier molecular flexibility index (Phi) is 5.94. The van der Waals surface area contributed by atoms with E-state index in [2.05, 4.69) is 18.8 Å². The van der Waals surface area contributed by atoms with Gasteiger partial charge in [0.2, 0.25) is 0 Å². The Hall–Kier alpha value is -0.470. The molecular weight excluding hydrogens is 281 g/mol. The lowest BCUT2D eigenvalue weighted by Gasteiger charge is -2.34. The number of hydrogen-bond acceptors (Lipinski definition) is 2. The molecule has 0 aliphatic heterocycles. The number of ether oxygens (including phenoxy) is 1. The Bertz CT molecular complexity index is 428. The molecule has 0 fully saturated rings. The molecule has 0 bridgehead atoms. The maximum atomic E-state index is 6.18. The van der Waals surface area contributed by atoms with Crippen molar-refractivity contribution in [1.82, 2.24) is 4.98 Å². The first-order valence-corrected chi connectivity index (χ1v) is 7.59. The first-order valence-electron chi connectivity index (χ1n) is 6.52. The molecule has 0 spiro atoms. The number of hydrogen-bond donors (Lipinski definition) is 0. The summed E-state index contributed by atoms with van der Waals surface area (Å²) < 4.78 is 5.45. The summed E-state index contributed by atoms with van der Waals surface area (Å²) in [6.45, 7) is 8.36. The summed E-state index contributed by atoms with van der Waals surface area (Å²) in [5.41, 5.74) is 3.04. The number of alkyl halides is 2. The summed E-state index contributed by atoms with van der Waals surface area (Å²) in [5.74, 6) is 2.37. The van der Waals surface area contributed by atoms with Crippen LogP contribution in [0.4, 0.5) is 0 Å². The third-order valence-electron chi connectivity index (χ3n) is 4.03. The number of aromatic nitrogens is 1. The summed E-state index contributed by atoms with van der Waals surface area (Å²) in [6, 6.07) is 0. The first-order chi connectivity index (χ1) is 8.91. The maximum Gasteiger partial charge on any atom is 0.128 e. The van der Waals surface area contributed by atoms with Crippen molar-refractivity contribution < 1.29 is 4.74 Å². The molecule has 1 aromatic heterocycles. The highest BCUT2D eigenvalue weighted by molar-refractivity contribution is 6.21. The van der Waals surface area contributed by atoms with Gasteiger partial charge in [-0.3, -0.25) is 4.98 Å². The Labute approximate surface area is 126 Å². The lowest BCUT2D eigenvalue weighted by molar-refractivity contribution is 0.255. The van der Waals surface area contributed by atoms with Crippen molar-refractivity contribution >= 4 is 23.2 Å². The monoisotopic (exact) mass is 303 g/mol. The van der Waals surface area contributed by atoms with Crippen LogP contribution in [0.3, 0.4) is 0 Å². The summed E-state index contributed by atoms with van der Waals surface area (Å²) in [4.78, 5) is 4.55. The number of aryl methyl sites for hydroxylation is 1. The van der Waals surface area contributed by atoms with Crippen molar-refractivity contribution in [3.8, 4) is 5.75 Å². The molecule has 0 aliphatic carbocycles. The number of rotatable bonds is 6. The van der Waals surface area contributed by atoms with Crippen LogP contribution in [0.5, 0.6) is 5.75 Å².